The molecule has 4 nitrogen and oxygen atoms in total. The van der Waals surface area contributed by atoms with E-state index < -0.39 is 29.5 Å². The van der Waals surface area contributed by atoms with Gasteiger partial charge < -0.3 is 11.1 Å². The SMILES string of the molecule is NC(=O)C(c1ccc(F)c(C(F)(F)F)c1)N1CCNCC1. The van der Waals surface area contributed by atoms with E-state index in [0.717, 1.165) is 6.07 Å². The molecule has 21 heavy (non-hydrogen) atoms. The zero-order chi connectivity index (χ0) is 15.6. The number of hydrogen-bond acceptors (Lipinski definition) is 3. The van der Waals surface area contributed by atoms with Crippen molar-refractivity contribution in [1.29, 1.82) is 0 Å². The Bertz CT molecular complexity index is 527. The number of carbonyl (C=O) groups excluding carboxylic acids is 1. The molecule has 1 aromatic carbocycles. The third kappa shape index (κ3) is 3.51. The first-order valence-electron chi connectivity index (χ1n) is 6.41. The number of rotatable bonds is 3. The van der Waals surface area contributed by atoms with Crippen LogP contribution < -0.4 is 11.1 Å². The van der Waals surface area contributed by atoms with Crippen molar-refractivity contribution < 1.29 is 22.4 Å². The van der Waals surface area contributed by atoms with E-state index in [1.54, 1.807) is 4.90 Å². The molecular weight excluding hydrogens is 290 g/mol. The van der Waals surface area contributed by atoms with Crippen molar-refractivity contribution in [2.75, 3.05) is 26.2 Å². The number of nitrogens with zero attached hydrogens (tertiary/aromatic N) is 1. The van der Waals surface area contributed by atoms with Gasteiger partial charge in [-0.15, -0.1) is 0 Å². The molecule has 1 saturated heterocycles. The molecule has 8 heteroatoms. The van der Waals surface area contributed by atoms with Gasteiger partial charge in [-0.1, -0.05) is 6.07 Å². The minimum Gasteiger partial charge on any atom is -0.368 e. The summed E-state index contributed by atoms with van der Waals surface area (Å²) in [6, 6.07) is 1.55. The lowest BCUT2D eigenvalue weighted by Gasteiger charge is -2.33. The van der Waals surface area contributed by atoms with Crippen molar-refractivity contribution >= 4 is 5.91 Å². The number of piperazine rings is 1. The molecule has 1 amide bonds. The Kier molecular flexibility index (Phi) is 4.48. The van der Waals surface area contributed by atoms with Crippen LogP contribution in [-0.2, 0) is 11.0 Å². The average Bonchev–Trinajstić information content (AvgIpc) is 2.40. The van der Waals surface area contributed by atoms with Crippen LogP contribution in [0.5, 0.6) is 0 Å². The van der Waals surface area contributed by atoms with Gasteiger partial charge in [-0.3, -0.25) is 9.69 Å². The van der Waals surface area contributed by atoms with Crippen LogP contribution in [0.3, 0.4) is 0 Å². The lowest BCUT2D eigenvalue weighted by Crippen LogP contribution is -2.48. The number of halogens is 4. The van der Waals surface area contributed by atoms with E-state index >= 15 is 0 Å². The first-order chi connectivity index (χ1) is 9.80. The van der Waals surface area contributed by atoms with Gasteiger partial charge in [0.15, 0.2) is 0 Å². The fourth-order valence-electron chi connectivity index (χ4n) is 2.43. The zero-order valence-corrected chi connectivity index (χ0v) is 11.1. The highest BCUT2D eigenvalue weighted by Crippen LogP contribution is 2.34. The predicted molar refractivity (Wildman–Crippen MR) is 67.8 cm³/mol. The second kappa shape index (κ2) is 5.98. The molecule has 0 saturated carbocycles. The molecule has 116 valence electrons. The maximum atomic E-state index is 13.3. The average molecular weight is 305 g/mol. The van der Waals surface area contributed by atoms with Crippen LogP contribution in [0.15, 0.2) is 18.2 Å². The van der Waals surface area contributed by atoms with E-state index in [9.17, 15) is 22.4 Å². The van der Waals surface area contributed by atoms with Crippen molar-refractivity contribution in [1.82, 2.24) is 10.2 Å². The number of amides is 1. The molecule has 3 N–H and O–H groups in total. The van der Waals surface area contributed by atoms with E-state index in [1.807, 2.05) is 0 Å². The van der Waals surface area contributed by atoms with Crippen molar-refractivity contribution in [3.63, 3.8) is 0 Å². The van der Waals surface area contributed by atoms with E-state index in [4.69, 9.17) is 5.73 Å². The Morgan fingerprint density at radius 2 is 1.90 bits per heavy atom. The summed E-state index contributed by atoms with van der Waals surface area (Å²) in [5.74, 6) is -2.12. The number of carbonyl (C=O) groups is 1. The number of benzene rings is 1. The van der Waals surface area contributed by atoms with Crippen LogP contribution in [-0.4, -0.2) is 37.0 Å². The summed E-state index contributed by atoms with van der Waals surface area (Å²) in [5, 5.41) is 3.07. The second-order valence-corrected chi connectivity index (χ2v) is 4.83. The fraction of sp³-hybridized carbons (Fsp3) is 0.462. The topological polar surface area (TPSA) is 58.4 Å². The van der Waals surface area contributed by atoms with Gasteiger partial charge in [0.25, 0.3) is 0 Å². The van der Waals surface area contributed by atoms with Crippen LogP contribution in [0.4, 0.5) is 17.6 Å². The normalized spacial score (nSPS) is 18.5. The Hall–Kier alpha value is -1.67. The van der Waals surface area contributed by atoms with Crippen LogP contribution in [0, 0.1) is 5.82 Å². The summed E-state index contributed by atoms with van der Waals surface area (Å²) < 4.78 is 51.6. The molecule has 1 aliphatic heterocycles. The Morgan fingerprint density at radius 1 is 1.29 bits per heavy atom. The van der Waals surface area contributed by atoms with Gasteiger partial charge in [-0.25, -0.2) is 4.39 Å². The highest BCUT2D eigenvalue weighted by Gasteiger charge is 2.36. The number of nitrogens with one attached hydrogen (secondary N) is 1. The molecule has 0 bridgehead atoms. The van der Waals surface area contributed by atoms with Crippen molar-refractivity contribution in [2.45, 2.75) is 12.2 Å². The quantitative estimate of drug-likeness (QED) is 0.827. The summed E-state index contributed by atoms with van der Waals surface area (Å²) in [4.78, 5) is 13.3. The highest BCUT2D eigenvalue weighted by molar-refractivity contribution is 5.81. The van der Waals surface area contributed by atoms with E-state index in [1.165, 1.54) is 6.07 Å². The van der Waals surface area contributed by atoms with E-state index in [-0.39, 0.29) is 5.56 Å². The third-order valence-corrected chi connectivity index (χ3v) is 3.40. The molecule has 1 fully saturated rings. The minimum atomic E-state index is -4.81. The van der Waals surface area contributed by atoms with Gasteiger partial charge in [0, 0.05) is 26.2 Å². The summed E-state index contributed by atoms with van der Waals surface area (Å²) in [5.41, 5.74) is 3.99. The predicted octanol–water partition coefficient (Wildman–Crippen LogP) is 1.28. The molecule has 1 aromatic rings. The summed E-state index contributed by atoms with van der Waals surface area (Å²) in [6.45, 7) is 2.17. The van der Waals surface area contributed by atoms with Gasteiger partial charge in [-0.2, -0.15) is 13.2 Å². The first kappa shape index (κ1) is 15.7. The first-order valence-corrected chi connectivity index (χ1v) is 6.41. The smallest absolute Gasteiger partial charge is 0.368 e. The summed E-state index contributed by atoms with van der Waals surface area (Å²) in [7, 11) is 0. The zero-order valence-electron chi connectivity index (χ0n) is 11.1. The van der Waals surface area contributed by atoms with Crippen molar-refractivity contribution in [2.24, 2.45) is 5.73 Å². The van der Waals surface area contributed by atoms with Gasteiger partial charge in [0.1, 0.15) is 11.9 Å². The largest absolute Gasteiger partial charge is 0.419 e. The lowest BCUT2D eigenvalue weighted by molar-refractivity contribution is -0.140. The van der Waals surface area contributed by atoms with Gasteiger partial charge in [0.05, 0.1) is 5.56 Å². The molecule has 0 aliphatic carbocycles. The molecular formula is C13H15F4N3O. The number of hydrogen-bond donors (Lipinski definition) is 2. The Labute approximate surface area is 118 Å². The van der Waals surface area contributed by atoms with Crippen molar-refractivity contribution in [3.8, 4) is 0 Å². The maximum Gasteiger partial charge on any atom is 0.419 e. The molecule has 1 heterocycles. The molecule has 0 radical (unpaired) electrons. The standard InChI is InChI=1S/C13H15F4N3O/c14-10-2-1-8(7-9(10)13(15,16)17)11(12(18)21)20-5-3-19-4-6-20/h1-2,7,11,19H,3-6H2,(H2,18,21). The van der Waals surface area contributed by atoms with Crippen LogP contribution >= 0.6 is 0 Å². The van der Waals surface area contributed by atoms with Gasteiger partial charge in [-0.05, 0) is 17.7 Å². The molecule has 1 aliphatic rings. The maximum absolute atomic E-state index is 13.3. The second-order valence-electron chi connectivity index (χ2n) is 4.83. The monoisotopic (exact) mass is 305 g/mol. The van der Waals surface area contributed by atoms with Crippen LogP contribution in [0.2, 0.25) is 0 Å². The Balaban J connectivity index is 2.39. The lowest BCUT2D eigenvalue weighted by atomic mass is 10.0. The summed E-state index contributed by atoms with van der Waals surface area (Å²) in [6.07, 6.45) is -4.81. The van der Waals surface area contributed by atoms with E-state index in [0.29, 0.717) is 32.2 Å². The summed E-state index contributed by atoms with van der Waals surface area (Å²) >= 11 is 0. The number of alkyl halides is 3. The highest BCUT2D eigenvalue weighted by atomic mass is 19.4. The third-order valence-electron chi connectivity index (χ3n) is 3.40. The van der Waals surface area contributed by atoms with Crippen LogP contribution in [0.1, 0.15) is 17.2 Å². The molecule has 1 atom stereocenters. The Morgan fingerprint density at radius 3 is 2.43 bits per heavy atom. The van der Waals surface area contributed by atoms with Gasteiger partial charge in [0.2, 0.25) is 5.91 Å². The fourth-order valence-corrected chi connectivity index (χ4v) is 2.43. The molecule has 0 spiro atoms. The number of primary amides is 1. The molecule has 1 unspecified atom stereocenters. The van der Waals surface area contributed by atoms with Gasteiger partial charge >= 0.3 is 6.18 Å². The minimum absolute atomic E-state index is 0.0538. The van der Waals surface area contributed by atoms with Crippen LogP contribution in [0.25, 0.3) is 0 Å². The molecule has 0 aromatic heterocycles. The number of nitrogens with two attached hydrogens (primary N) is 1. The van der Waals surface area contributed by atoms with Crippen molar-refractivity contribution in [3.05, 3.63) is 35.1 Å². The van der Waals surface area contributed by atoms with E-state index in [2.05, 4.69) is 5.32 Å². The molecule has 2 rings (SSSR count).